The third kappa shape index (κ3) is 5.77. The van der Waals surface area contributed by atoms with Crippen molar-refractivity contribution in [3.63, 3.8) is 0 Å². The van der Waals surface area contributed by atoms with E-state index < -0.39 is 12.8 Å². The van der Waals surface area contributed by atoms with Crippen molar-refractivity contribution in [1.82, 2.24) is 4.98 Å². The lowest BCUT2D eigenvalue weighted by molar-refractivity contribution is -0.175. The fourth-order valence-corrected chi connectivity index (χ4v) is 0.966. The minimum atomic E-state index is -4.30. The van der Waals surface area contributed by atoms with Gasteiger partial charge in [0.05, 0.1) is 12.8 Å². The van der Waals surface area contributed by atoms with Crippen molar-refractivity contribution in [3.8, 4) is 5.75 Å². The molecule has 7 heteroatoms. The Bertz CT molecular complexity index is 316. The zero-order chi connectivity index (χ0) is 12.0. The molecule has 3 nitrogen and oxygen atoms in total. The highest BCUT2D eigenvalue weighted by Crippen LogP contribution is 2.14. The highest BCUT2D eigenvalue weighted by Gasteiger charge is 2.27. The second-order valence-electron chi connectivity index (χ2n) is 2.83. The van der Waals surface area contributed by atoms with Gasteiger partial charge in [-0.3, -0.25) is 0 Å². The molecule has 0 spiro atoms. The second kappa shape index (κ2) is 5.91. The van der Waals surface area contributed by atoms with Crippen LogP contribution in [0, 0.1) is 0 Å². The van der Waals surface area contributed by atoms with Gasteiger partial charge in [0.2, 0.25) is 0 Å². The van der Waals surface area contributed by atoms with E-state index >= 15 is 0 Å². The van der Waals surface area contributed by atoms with Gasteiger partial charge < -0.3 is 9.47 Å². The number of alkyl halides is 3. The van der Waals surface area contributed by atoms with Crippen LogP contribution in [0.15, 0.2) is 18.3 Å². The fraction of sp³-hybridized carbons (Fsp3) is 0.444. The Balaban J connectivity index is 2.14. The summed E-state index contributed by atoms with van der Waals surface area (Å²) in [6.45, 7) is -1.38. The summed E-state index contributed by atoms with van der Waals surface area (Å²) in [6.07, 6.45) is -2.92. The first-order chi connectivity index (χ1) is 7.47. The summed E-state index contributed by atoms with van der Waals surface area (Å²) >= 11 is 5.53. The molecule has 0 aliphatic rings. The molecule has 0 N–H and O–H groups in total. The molecule has 0 fully saturated rings. The van der Waals surface area contributed by atoms with Crippen LogP contribution in [0.1, 0.15) is 0 Å². The Hall–Kier alpha value is -1.01. The Labute approximate surface area is 95.1 Å². The fourth-order valence-electron chi connectivity index (χ4n) is 0.854. The third-order valence-corrected chi connectivity index (χ3v) is 1.69. The van der Waals surface area contributed by atoms with Crippen molar-refractivity contribution in [2.45, 2.75) is 6.18 Å². The van der Waals surface area contributed by atoms with E-state index in [1.54, 1.807) is 6.07 Å². The van der Waals surface area contributed by atoms with E-state index in [4.69, 9.17) is 16.3 Å². The van der Waals surface area contributed by atoms with Crippen LogP contribution in [0.3, 0.4) is 0 Å². The number of halogens is 4. The number of ether oxygens (including phenoxy) is 2. The van der Waals surface area contributed by atoms with Crippen molar-refractivity contribution >= 4 is 11.6 Å². The van der Waals surface area contributed by atoms with Gasteiger partial charge in [-0.05, 0) is 12.1 Å². The maximum Gasteiger partial charge on any atom is 0.411 e. The summed E-state index contributed by atoms with van der Waals surface area (Å²) < 4.78 is 44.4. The lowest BCUT2D eigenvalue weighted by atomic mass is 10.5. The summed E-state index contributed by atoms with van der Waals surface area (Å²) in [6, 6.07) is 3.09. The average molecular weight is 256 g/mol. The molecule has 0 bridgehead atoms. The van der Waals surface area contributed by atoms with Crippen LogP contribution < -0.4 is 4.74 Å². The molecule has 1 heterocycles. The normalized spacial score (nSPS) is 11.5. The van der Waals surface area contributed by atoms with E-state index in [1.165, 1.54) is 12.3 Å². The number of hydrogen-bond acceptors (Lipinski definition) is 3. The molecule has 0 saturated carbocycles. The van der Waals surface area contributed by atoms with Gasteiger partial charge in [0.15, 0.2) is 0 Å². The van der Waals surface area contributed by atoms with E-state index in [0.29, 0.717) is 10.9 Å². The van der Waals surface area contributed by atoms with Gasteiger partial charge in [-0.25, -0.2) is 4.98 Å². The van der Waals surface area contributed by atoms with Gasteiger partial charge in [0, 0.05) is 0 Å². The minimum Gasteiger partial charge on any atom is -0.490 e. The standard InChI is InChI=1S/C9H9ClF3NO2/c10-8-2-1-7(5-14-8)16-4-3-15-6-9(11,12)13/h1-2,5H,3-4,6H2. The molecule has 0 aliphatic heterocycles. The molecule has 0 radical (unpaired) electrons. The zero-order valence-electron chi connectivity index (χ0n) is 8.13. The van der Waals surface area contributed by atoms with Crippen LogP contribution in [0.4, 0.5) is 13.2 Å². The summed E-state index contributed by atoms with van der Waals surface area (Å²) in [5.41, 5.74) is 0. The summed E-state index contributed by atoms with van der Waals surface area (Å²) in [4.78, 5) is 3.74. The monoisotopic (exact) mass is 255 g/mol. The molecule has 16 heavy (non-hydrogen) atoms. The summed E-state index contributed by atoms with van der Waals surface area (Å²) in [5, 5.41) is 0.320. The van der Waals surface area contributed by atoms with E-state index in [-0.39, 0.29) is 13.2 Å². The first-order valence-electron chi connectivity index (χ1n) is 4.36. The summed E-state index contributed by atoms with van der Waals surface area (Å²) in [5.74, 6) is 0.431. The van der Waals surface area contributed by atoms with Gasteiger partial charge in [0.1, 0.15) is 24.1 Å². The van der Waals surface area contributed by atoms with E-state index in [2.05, 4.69) is 9.72 Å². The molecule has 0 unspecified atom stereocenters. The lowest BCUT2D eigenvalue weighted by Gasteiger charge is -2.08. The topological polar surface area (TPSA) is 31.4 Å². The van der Waals surface area contributed by atoms with Gasteiger partial charge in [0.25, 0.3) is 0 Å². The molecule has 0 atom stereocenters. The largest absolute Gasteiger partial charge is 0.490 e. The van der Waals surface area contributed by atoms with Crippen LogP contribution in [-0.2, 0) is 4.74 Å². The molecule has 0 aliphatic carbocycles. The van der Waals surface area contributed by atoms with E-state index in [9.17, 15) is 13.2 Å². The maximum absolute atomic E-state index is 11.7. The Morgan fingerprint density at radius 1 is 1.25 bits per heavy atom. The van der Waals surface area contributed by atoms with Gasteiger partial charge in [-0.1, -0.05) is 11.6 Å². The smallest absolute Gasteiger partial charge is 0.411 e. The van der Waals surface area contributed by atoms with Crippen LogP contribution in [0.2, 0.25) is 5.15 Å². The van der Waals surface area contributed by atoms with Crippen LogP contribution in [0.25, 0.3) is 0 Å². The predicted molar refractivity (Wildman–Crippen MR) is 51.6 cm³/mol. The van der Waals surface area contributed by atoms with Gasteiger partial charge in [-0.2, -0.15) is 13.2 Å². The quantitative estimate of drug-likeness (QED) is 0.599. The van der Waals surface area contributed by atoms with Gasteiger partial charge in [-0.15, -0.1) is 0 Å². The highest BCUT2D eigenvalue weighted by atomic mass is 35.5. The van der Waals surface area contributed by atoms with Crippen molar-refractivity contribution in [2.24, 2.45) is 0 Å². The van der Waals surface area contributed by atoms with Crippen molar-refractivity contribution in [1.29, 1.82) is 0 Å². The van der Waals surface area contributed by atoms with Crippen molar-refractivity contribution in [2.75, 3.05) is 19.8 Å². The zero-order valence-corrected chi connectivity index (χ0v) is 8.88. The third-order valence-electron chi connectivity index (χ3n) is 1.46. The lowest BCUT2D eigenvalue weighted by Crippen LogP contribution is -2.19. The summed E-state index contributed by atoms with van der Waals surface area (Å²) in [7, 11) is 0. The first-order valence-corrected chi connectivity index (χ1v) is 4.74. The Morgan fingerprint density at radius 2 is 2.00 bits per heavy atom. The Morgan fingerprint density at radius 3 is 2.56 bits per heavy atom. The first kappa shape index (κ1) is 13.1. The molecular weight excluding hydrogens is 247 g/mol. The van der Waals surface area contributed by atoms with E-state index in [0.717, 1.165) is 0 Å². The molecule has 90 valence electrons. The molecule has 1 aromatic heterocycles. The molecule has 0 saturated heterocycles. The van der Waals surface area contributed by atoms with Crippen LogP contribution in [0.5, 0.6) is 5.75 Å². The Kier molecular flexibility index (Phi) is 4.82. The van der Waals surface area contributed by atoms with E-state index in [1.807, 2.05) is 0 Å². The average Bonchev–Trinajstić information content (AvgIpc) is 2.19. The molecule has 1 rings (SSSR count). The molecule has 1 aromatic rings. The van der Waals surface area contributed by atoms with Gasteiger partial charge >= 0.3 is 6.18 Å². The van der Waals surface area contributed by atoms with Crippen molar-refractivity contribution in [3.05, 3.63) is 23.5 Å². The number of pyridine rings is 1. The SMILES string of the molecule is FC(F)(F)COCCOc1ccc(Cl)nc1. The minimum absolute atomic E-state index is 0.0272. The number of nitrogens with zero attached hydrogens (tertiary/aromatic N) is 1. The number of rotatable bonds is 5. The highest BCUT2D eigenvalue weighted by molar-refractivity contribution is 6.29. The number of hydrogen-bond donors (Lipinski definition) is 0. The maximum atomic E-state index is 11.7. The second-order valence-corrected chi connectivity index (χ2v) is 3.22. The van der Waals surface area contributed by atoms with Crippen LogP contribution in [-0.4, -0.2) is 31.0 Å². The van der Waals surface area contributed by atoms with Crippen molar-refractivity contribution < 1.29 is 22.6 Å². The van der Waals surface area contributed by atoms with Crippen LogP contribution >= 0.6 is 11.6 Å². The molecular formula is C9H9ClF3NO2. The predicted octanol–water partition coefficient (Wildman–Crippen LogP) is 2.69. The number of aromatic nitrogens is 1. The molecule has 0 amide bonds. The molecule has 0 aromatic carbocycles.